The summed E-state index contributed by atoms with van der Waals surface area (Å²) in [6.07, 6.45) is 1.42. The molecule has 0 unspecified atom stereocenters. The fraction of sp³-hybridized carbons (Fsp3) is 0.105. The summed E-state index contributed by atoms with van der Waals surface area (Å²) >= 11 is 1.59. The zero-order valence-corrected chi connectivity index (χ0v) is 14.5. The zero-order chi connectivity index (χ0) is 17.2. The predicted octanol–water partition coefficient (Wildman–Crippen LogP) is 3.71. The number of aromatic amines is 1. The Morgan fingerprint density at radius 3 is 2.60 bits per heavy atom. The number of nitrogens with zero attached hydrogens (tertiary/aromatic N) is 3. The Morgan fingerprint density at radius 2 is 1.84 bits per heavy atom. The molecular weight excluding hydrogens is 332 g/mol. The van der Waals surface area contributed by atoms with Crippen LogP contribution in [0.5, 0.6) is 0 Å². The number of nitrogens with one attached hydrogen (secondary N) is 1. The molecule has 0 atom stereocenters. The van der Waals surface area contributed by atoms with Crippen molar-refractivity contribution in [2.24, 2.45) is 0 Å². The monoisotopic (exact) mass is 348 g/mol. The Balaban J connectivity index is 1.78. The van der Waals surface area contributed by atoms with E-state index in [1.165, 1.54) is 17.5 Å². The van der Waals surface area contributed by atoms with Gasteiger partial charge in [0.25, 0.3) is 5.56 Å². The summed E-state index contributed by atoms with van der Waals surface area (Å²) in [5.41, 5.74) is 4.09. The molecule has 0 saturated carbocycles. The van der Waals surface area contributed by atoms with Gasteiger partial charge in [-0.1, -0.05) is 59.8 Å². The van der Waals surface area contributed by atoms with Crippen LogP contribution in [0.2, 0.25) is 0 Å². The van der Waals surface area contributed by atoms with Gasteiger partial charge in [-0.05, 0) is 24.6 Å². The third kappa shape index (κ3) is 3.08. The lowest BCUT2D eigenvalue weighted by Gasteiger charge is -2.08. The highest BCUT2D eigenvalue weighted by Gasteiger charge is 2.16. The van der Waals surface area contributed by atoms with Crippen LogP contribution < -0.4 is 5.56 Å². The van der Waals surface area contributed by atoms with Crippen LogP contribution in [0.25, 0.3) is 16.9 Å². The van der Waals surface area contributed by atoms with E-state index < -0.39 is 0 Å². The minimum atomic E-state index is -0.225. The third-order valence-electron chi connectivity index (χ3n) is 3.92. The number of rotatable bonds is 4. The van der Waals surface area contributed by atoms with Crippen molar-refractivity contribution in [3.05, 3.63) is 82.4 Å². The van der Waals surface area contributed by atoms with Crippen LogP contribution in [0.3, 0.4) is 0 Å². The van der Waals surface area contributed by atoms with Crippen molar-refractivity contribution in [3.8, 4) is 5.69 Å². The number of benzene rings is 2. The largest absolute Gasteiger partial charge is 0.311 e. The van der Waals surface area contributed by atoms with Crippen molar-refractivity contribution in [2.45, 2.75) is 17.8 Å². The van der Waals surface area contributed by atoms with Crippen LogP contribution >= 0.6 is 11.8 Å². The number of para-hydroxylation sites is 1. The number of imidazole rings is 1. The normalized spacial score (nSPS) is 11.1. The van der Waals surface area contributed by atoms with E-state index in [0.717, 1.165) is 16.6 Å². The van der Waals surface area contributed by atoms with Gasteiger partial charge in [0.2, 0.25) is 0 Å². The lowest BCUT2D eigenvalue weighted by atomic mass is 10.2. The first-order chi connectivity index (χ1) is 12.2. The van der Waals surface area contributed by atoms with Crippen molar-refractivity contribution in [2.75, 3.05) is 0 Å². The molecule has 0 amide bonds. The van der Waals surface area contributed by atoms with E-state index in [0.29, 0.717) is 11.2 Å². The SMILES string of the molecule is Cc1ccc(CSc2nc3c(=O)[nH]cnc3n2-c2ccccc2)cc1. The van der Waals surface area contributed by atoms with Gasteiger partial charge in [0.15, 0.2) is 16.3 Å². The van der Waals surface area contributed by atoms with Crippen LogP contribution in [0.15, 0.2) is 70.9 Å². The first-order valence-corrected chi connectivity index (χ1v) is 8.91. The maximum atomic E-state index is 12.1. The number of aryl methyl sites for hydroxylation is 1. The molecule has 5 nitrogen and oxygen atoms in total. The van der Waals surface area contributed by atoms with E-state index in [9.17, 15) is 4.79 Å². The van der Waals surface area contributed by atoms with Crippen molar-refractivity contribution in [1.82, 2.24) is 19.5 Å². The summed E-state index contributed by atoms with van der Waals surface area (Å²) in [4.78, 5) is 23.6. The van der Waals surface area contributed by atoms with Gasteiger partial charge >= 0.3 is 0 Å². The highest BCUT2D eigenvalue weighted by Crippen LogP contribution is 2.28. The van der Waals surface area contributed by atoms with Crippen LogP contribution in [0.1, 0.15) is 11.1 Å². The van der Waals surface area contributed by atoms with E-state index in [1.807, 2.05) is 34.9 Å². The average molecular weight is 348 g/mol. The van der Waals surface area contributed by atoms with Crippen LogP contribution in [0.4, 0.5) is 0 Å². The maximum Gasteiger partial charge on any atom is 0.278 e. The standard InChI is InChI=1S/C19H16N4OS/c1-13-7-9-14(10-8-13)11-25-19-22-16-17(20-12-21-18(16)24)23(19)15-5-3-2-4-6-15/h2-10,12H,11H2,1H3,(H,20,21,24). The Bertz CT molecular complexity index is 1070. The Hall–Kier alpha value is -2.86. The molecule has 0 aliphatic rings. The average Bonchev–Trinajstić information content (AvgIpc) is 3.02. The summed E-state index contributed by atoms with van der Waals surface area (Å²) in [7, 11) is 0. The van der Waals surface area contributed by atoms with Gasteiger partial charge in [-0.2, -0.15) is 0 Å². The predicted molar refractivity (Wildman–Crippen MR) is 100 cm³/mol. The van der Waals surface area contributed by atoms with Crippen LogP contribution in [0, 0.1) is 6.92 Å². The highest BCUT2D eigenvalue weighted by atomic mass is 32.2. The van der Waals surface area contributed by atoms with Crippen molar-refractivity contribution >= 4 is 22.9 Å². The number of H-pyrrole nitrogens is 1. The van der Waals surface area contributed by atoms with Crippen LogP contribution in [-0.2, 0) is 5.75 Å². The van der Waals surface area contributed by atoms with Gasteiger partial charge in [-0.15, -0.1) is 0 Å². The first kappa shape index (κ1) is 15.7. The van der Waals surface area contributed by atoms with Gasteiger partial charge < -0.3 is 4.98 Å². The molecule has 0 aliphatic carbocycles. The molecule has 2 aromatic heterocycles. The second-order valence-corrected chi connectivity index (χ2v) is 6.69. The molecule has 2 aromatic carbocycles. The molecular formula is C19H16N4OS. The molecule has 2 heterocycles. The Kier molecular flexibility index (Phi) is 4.11. The summed E-state index contributed by atoms with van der Waals surface area (Å²) in [5.74, 6) is 0.772. The second kappa shape index (κ2) is 6.57. The maximum absolute atomic E-state index is 12.1. The van der Waals surface area contributed by atoms with E-state index in [4.69, 9.17) is 0 Å². The van der Waals surface area contributed by atoms with Crippen LogP contribution in [-0.4, -0.2) is 19.5 Å². The molecule has 25 heavy (non-hydrogen) atoms. The van der Waals surface area contributed by atoms with Crippen molar-refractivity contribution in [1.29, 1.82) is 0 Å². The smallest absolute Gasteiger partial charge is 0.278 e. The van der Waals surface area contributed by atoms with E-state index in [-0.39, 0.29) is 5.56 Å². The quantitative estimate of drug-likeness (QED) is 0.571. The van der Waals surface area contributed by atoms with Crippen molar-refractivity contribution < 1.29 is 0 Å². The van der Waals surface area contributed by atoms with E-state index in [2.05, 4.69) is 46.1 Å². The van der Waals surface area contributed by atoms with Gasteiger partial charge in [0, 0.05) is 11.4 Å². The molecule has 124 valence electrons. The van der Waals surface area contributed by atoms with Crippen molar-refractivity contribution in [3.63, 3.8) is 0 Å². The minimum absolute atomic E-state index is 0.225. The minimum Gasteiger partial charge on any atom is -0.311 e. The molecule has 0 fully saturated rings. The third-order valence-corrected chi connectivity index (χ3v) is 4.93. The Morgan fingerprint density at radius 1 is 1.08 bits per heavy atom. The van der Waals surface area contributed by atoms with Gasteiger partial charge in [-0.25, -0.2) is 9.97 Å². The number of hydrogen-bond acceptors (Lipinski definition) is 4. The summed E-state index contributed by atoms with van der Waals surface area (Å²) in [6.45, 7) is 2.07. The molecule has 4 rings (SSSR count). The Labute approximate surface area is 148 Å². The van der Waals surface area contributed by atoms with Gasteiger partial charge in [0.05, 0.1) is 6.33 Å². The molecule has 0 radical (unpaired) electrons. The first-order valence-electron chi connectivity index (χ1n) is 7.92. The van der Waals surface area contributed by atoms with E-state index in [1.54, 1.807) is 11.8 Å². The zero-order valence-electron chi connectivity index (χ0n) is 13.6. The summed E-state index contributed by atoms with van der Waals surface area (Å²) in [5, 5.41) is 0.756. The lowest BCUT2D eigenvalue weighted by Crippen LogP contribution is -2.07. The van der Waals surface area contributed by atoms with Gasteiger partial charge in [0.1, 0.15) is 0 Å². The molecule has 0 saturated heterocycles. The topological polar surface area (TPSA) is 63.6 Å². The molecule has 6 heteroatoms. The van der Waals surface area contributed by atoms with E-state index >= 15 is 0 Å². The highest BCUT2D eigenvalue weighted by molar-refractivity contribution is 7.98. The number of thioether (sulfide) groups is 1. The number of fused-ring (bicyclic) bond motifs is 1. The molecule has 0 aliphatic heterocycles. The summed E-state index contributed by atoms with van der Waals surface area (Å²) in [6, 6.07) is 18.3. The molecule has 0 bridgehead atoms. The number of hydrogen-bond donors (Lipinski definition) is 1. The second-order valence-electron chi connectivity index (χ2n) is 5.74. The van der Waals surface area contributed by atoms with Gasteiger partial charge in [-0.3, -0.25) is 9.36 Å². The number of aromatic nitrogens is 4. The molecule has 4 aromatic rings. The fourth-order valence-corrected chi connectivity index (χ4v) is 3.59. The molecule has 0 spiro atoms. The summed E-state index contributed by atoms with van der Waals surface area (Å²) < 4.78 is 1.93. The lowest BCUT2D eigenvalue weighted by molar-refractivity contribution is 0.908. The molecule has 1 N–H and O–H groups in total. The fourth-order valence-electron chi connectivity index (χ4n) is 2.62.